The van der Waals surface area contributed by atoms with E-state index < -0.39 is 5.97 Å². The van der Waals surface area contributed by atoms with Crippen LogP contribution in [0.25, 0.3) is 0 Å². The SMILES string of the molecule is COC(=O)CNC(=O)Cc1ccc(Br)cc1. The number of ether oxygens (including phenoxy) is 1. The monoisotopic (exact) mass is 285 g/mol. The highest BCUT2D eigenvalue weighted by Crippen LogP contribution is 2.10. The molecule has 0 aliphatic heterocycles. The fraction of sp³-hybridized carbons (Fsp3) is 0.273. The van der Waals surface area contributed by atoms with E-state index in [0.717, 1.165) is 10.0 Å². The van der Waals surface area contributed by atoms with Gasteiger partial charge in [-0.2, -0.15) is 0 Å². The second-order valence-corrected chi connectivity index (χ2v) is 4.07. The van der Waals surface area contributed by atoms with Crippen LogP contribution in [0.5, 0.6) is 0 Å². The Morgan fingerprint density at radius 1 is 1.31 bits per heavy atom. The number of nitrogens with one attached hydrogen (secondary N) is 1. The molecule has 0 aromatic heterocycles. The van der Waals surface area contributed by atoms with Crippen LogP contribution in [0.2, 0.25) is 0 Å². The summed E-state index contributed by atoms with van der Waals surface area (Å²) in [6.45, 7) is -0.0914. The fourth-order valence-corrected chi connectivity index (χ4v) is 1.36. The van der Waals surface area contributed by atoms with Crippen LogP contribution in [-0.4, -0.2) is 25.5 Å². The molecule has 1 aromatic rings. The van der Waals surface area contributed by atoms with Crippen molar-refractivity contribution in [3.05, 3.63) is 34.3 Å². The van der Waals surface area contributed by atoms with Gasteiger partial charge in [0.05, 0.1) is 13.5 Å². The molecule has 0 fully saturated rings. The third-order valence-corrected chi connectivity index (χ3v) is 2.46. The van der Waals surface area contributed by atoms with E-state index in [0.29, 0.717) is 0 Å². The molecule has 0 atom stereocenters. The lowest BCUT2D eigenvalue weighted by atomic mass is 10.1. The Hall–Kier alpha value is -1.36. The maximum atomic E-state index is 11.4. The quantitative estimate of drug-likeness (QED) is 0.848. The van der Waals surface area contributed by atoms with Crippen molar-refractivity contribution >= 4 is 27.8 Å². The third kappa shape index (κ3) is 4.44. The fourth-order valence-electron chi connectivity index (χ4n) is 1.09. The first-order valence-corrected chi connectivity index (χ1v) is 5.49. The molecule has 0 saturated carbocycles. The molecule has 1 aromatic carbocycles. The minimum absolute atomic E-state index is 0.0914. The van der Waals surface area contributed by atoms with Crippen molar-refractivity contribution in [2.75, 3.05) is 13.7 Å². The van der Waals surface area contributed by atoms with Crippen LogP contribution in [0.4, 0.5) is 0 Å². The predicted molar refractivity (Wildman–Crippen MR) is 62.9 cm³/mol. The lowest BCUT2D eigenvalue weighted by molar-refractivity contribution is -0.141. The number of amides is 1. The molecular formula is C11H12BrNO3. The van der Waals surface area contributed by atoms with E-state index >= 15 is 0 Å². The van der Waals surface area contributed by atoms with Gasteiger partial charge in [-0.1, -0.05) is 28.1 Å². The molecule has 16 heavy (non-hydrogen) atoms. The Morgan fingerprint density at radius 2 is 1.94 bits per heavy atom. The van der Waals surface area contributed by atoms with E-state index in [1.807, 2.05) is 24.3 Å². The second-order valence-electron chi connectivity index (χ2n) is 3.16. The standard InChI is InChI=1S/C11H12BrNO3/c1-16-11(15)7-13-10(14)6-8-2-4-9(12)5-3-8/h2-5H,6-7H2,1H3,(H,13,14). The molecular weight excluding hydrogens is 274 g/mol. The zero-order valence-electron chi connectivity index (χ0n) is 8.83. The molecule has 1 rings (SSSR count). The zero-order valence-corrected chi connectivity index (χ0v) is 10.4. The zero-order chi connectivity index (χ0) is 12.0. The van der Waals surface area contributed by atoms with E-state index in [2.05, 4.69) is 26.0 Å². The van der Waals surface area contributed by atoms with Crippen LogP contribution in [0.3, 0.4) is 0 Å². The number of hydrogen-bond acceptors (Lipinski definition) is 3. The molecule has 0 radical (unpaired) electrons. The first-order chi connectivity index (χ1) is 7.61. The normalized spacial score (nSPS) is 9.62. The lowest BCUT2D eigenvalue weighted by Crippen LogP contribution is -2.31. The van der Waals surface area contributed by atoms with Crippen molar-refractivity contribution < 1.29 is 14.3 Å². The number of rotatable bonds is 4. The molecule has 5 heteroatoms. The molecule has 0 aliphatic rings. The maximum absolute atomic E-state index is 11.4. The summed E-state index contributed by atoms with van der Waals surface area (Å²) in [7, 11) is 1.28. The third-order valence-electron chi connectivity index (χ3n) is 1.94. The Balaban J connectivity index is 2.40. The number of halogens is 1. The van der Waals surface area contributed by atoms with Crippen LogP contribution in [-0.2, 0) is 20.7 Å². The smallest absolute Gasteiger partial charge is 0.325 e. The molecule has 0 aliphatic carbocycles. The molecule has 0 bridgehead atoms. The first-order valence-electron chi connectivity index (χ1n) is 4.70. The first kappa shape index (κ1) is 12.7. The maximum Gasteiger partial charge on any atom is 0.325 e. The summed E-state index contributed by atoms with van der Waals surface area (Å²) in [6.07, 6.45) is 0.254. The number of benzene rings is 1. The molecule has 0 heterocycles. The molecule has 1 amide bonds. The van der Waals surface area contributed by atoms with Gasteiger partial charge < -0.3 is 10.1 Å². The lowest BCUT2D eigenvalue weighted by Gasteiger charge is -2.04. The van der Waals surface area contributed by atoms with E-state index in [1.54, 1.807) is 0 Å². The number of carbonyl (C=O) groups is 2. The van der Waals surface area contributed by atoms with Crippen molar-refractivity contribution in [3.63, 3.8) is 0 Å². The van der Waals surface area contributed by atoms with Crippen molar-refractivity contribution in [3.8, 4) is 0 Å². The molecule has 86 valence electrons. The molecule has 0 spiro atoms. The molecule has 4 nitrogen and oxygen atoms in total. The van der Waals surface area contributed by atoms with Gasteiger partial charge in [-0.3, -0.25) is 9.59 Å². The summed E-state index contributed by atoms with van der Waals surface area (Å²) in [5, 5.41) is 2.47. The Labute approximate surface area is 102 Å². The van der Waals surface area contributed by atoms with Crippen LogP contribution in [0.15, 0.2) is 28.7 Å². The summed E-state index contributed by atoms with van der Waals surface area (Å²) in [6, 6.07) is 7.43. The van der Waals surface area contributed by atoms with E-state index in [1.165, 1.54) is 7.11 Å². The largest absolute Gasteiger partial charge is 0.468 e. The van der Waals surface area contributed by atoms with E-state index in [9.17, 15) is 9.59 Å². The van der Waals surface area contributed by atoms with Gasteiger partial charge in [-0.15, -0.1) is 0 Å². The Morgan fingerprint density at radius 3 is 2.50 bits per heavy atom. The van der Waals surface area contributed by atoms with Crippen molar-refractivity contribution in [2.24, 2.45) is 0 Å². The highest BCUT2D eigenvalue weighted by Gasteiger charge is 2.05. The Kier molecular flexibility index (Phi) is 4.98. The predicted octanol–water partition coefficient (Wildman–Crippen LogP) is 1.28. The van der Waals surface area contributed by atoms with Gasteiger partial charge in [-0.05, 0) is 17.7 Å². The van der Waals surface area contributed by atoms with Crippen molar-refractivity contribution in [1.82, 2.24) is 5.32 Å². The number of hydrogen-bond donors (Lipinski definition) is 1. The van der Waals surface area contributed by atoms with Gasteiger partial charge in [0.2, 0.25) is 5.91 Å². The van der Waals surface area contributed by atoms with Crippen LogP contribution < -0.4 is 5.32 Å². The van der Waals surface area contributed by atoms with Gasteiger partial charge in [0.1, 0.15) is 6.54 Å². The van der Waals surface area contributed by atoms with Crippen LogP contribution >= 0.6 is 15.9 Å². The Bertz CT molecular complexity index is 375. The summed E-state index contributed by atoms with van der Waals surface area (Å²) in [5.74, 6) is -0.656. The molecule has 0 saturated heterocycles. The number of esters is 1. The van der Waals surface area contributed by atoms with E-state index in [4.69, 9.17) is 0 Å². The minimum atomic E-state index is -0.454. The highest BCUT2D eigenvalue weighted by molar-refractivity contribution is 9.10. The van der Waals surface area contributed by atoms with Crippen LogP contribution in [0, 0.1) is 0 Å². The van der Waals surface area contributed by atoms with Gasteiger partial charge in [-0.25, -0.2) is 0 Å². The number of methoxy groups -OCH3 is 1. The average Bonchev–Trinajstić information content (AvgIpc) is 2.29. The number of carbonyl (C=O) groups excluding carboxylic acids is 2. The topological polar surface area (TPSA) is 55.4 Å². The van der Waals surface area contributed by atoms with Gasteiger partial charge in [0, 0.05) is 4.47 Å². The molecule has 0 unspecified atom stereocenters. The van der Waals surface area contributed by atoms with Crippen molar-refractivity contribution in [2.45, 2.75) is 6.42 Å². The summed E-state index contributed by atoms with van der Waals surface area (Å²) >= 11 is 3.31. The highest BCUT2D eigenvalue weighted by atomic mass is 79.9. The summed E-state index contributed by atoms with van der Waals surface area (Å²) < 4.78 is 5.37. The molecule has 1 N–H and O–H groups in total. The van der Waals surface area contributed by atoms with Crippen LogP contribution in [0.1, 0.15) is 5.56 Å². The van der Waals surface area contributed by atoms with Crippen molar-refractivity contribution in [1.29, 1.82) is 0 Å². The summed E-state index contributed by atoms with van der Waals surface area (Å²) in [5.41, 5.74) is 0.894. The average molecular weight is 286 g/mol. The van der Waals surface area contributed by atoms with E-state index in [-0.39, 0.29) is 18.9 Å². The van der Waals surface area contributed by atoms with Gasteiger partial charge in [0.15, 0.2) is 0 Å². The van der Waals surface area contributed by atoms with Gasteiger partial charge >= 0.3 is 5.97 Å². The second kappa shape index (κ2) is 6.27. The summed E-state index contributed by atoms with van der Waals surface area (Å²) in [4.78, 5) is 22.2. The van der Waals surface area contributed by atoms with Gasteiger partial charge in [0.25, 0.3) is 0 Å². The minimum Gasteiger partial charge on any atom is -0.468 e.